The molecule has 6 nitrogen and oxygen atoms in total. The van der Waals surface area contributed by atoms with Crippen LogP contribution in [0, 0.1) is 0 Å². The number of rotatable bonds is 6. The molecular formula is C17H15Cl2NO5S. The Balaban J connectivity index is 2.09. The first-order chi connectivity index (χ1) is 12.1. The van der Waals surface area contributed by atoms with Gasteiger partial charge in [-0.15, -0.1) is 0 Å². The maximum absolute atomic E-state index is 12.5. The third-order valence-corrected chi connectivity index (χ3v) is 6.00. The van der Waals surface area contributed by atoms with Crippen molar-refractivity contribution in [3.05, 3.63) is 58.1 Å². The van der Waals surface area contributed by atoms with Crippen molar-refractivity contribution in [2.45, 2.75) is 11.8 Å². The van der Waals surface area contributed by atoms with E-state index in [1.165, 1.54) is 56.4 Å². The normalized spacial score (nSPS) is 11.4. The van der Waals surface area contributed by atoms with Gasteiger partial charge in [0.1, 0.15) is 12.3 Å². The van der Waals surface area contributed by atoms with Crippen LogP contribution in [0.3, 0.4) is 0 Å². The molecule has 0 bridgehead atoms. The van der Waals surface area contributed by atoms with Crippen LogP contribution < -0.4 is 4.74 Å². The average molecular weight is 416 g/mol. The van der Waals surface area contributed by atoms with Crippen LogP contribution >= 0.6 is 23.2 Å². The van der Waals surface area contributed by atoms with Crippen LogP contribution in [-0.4, -0.2) is 38.1 Å². The number of carbonyl (C=O) groups is 2. The van der Waals surface area contributed by atoms with Gasteiger partial charge in [-0.25, -0.2) is 8.42 Å². The summed E-state index contributed by atoms with van der Waals surface area (Å²) in [4.78, 5) is 23.2. The Morgan fingerprint density at radius 2 is 1.65 bits per heavy atom. The molecule has 0 saturated carbocycles. The second kappa shape index (κ2) is 8.18. The number of halogens is 2. The smallest absolute Gasteiger partial charge is 0.326 e. The molecule has 0 aliphatic rings. The molecule has 0 fully saturated rings. The summed E-state index contributed by atoms with van der Waals surface area (Å²) in [5.74, 6) is -0.802. The number of hydrogen-bond donors (Lipinski definition) is 0. The van der Waals surface area contributed by atoms with E-state index in [1.54, 1.807) is 0 Å². The van der Waals surface area contributed by atoms with E-state index in [0.29, 0.717) is 10.6 Å². The fourth-order valence-corrected chi connectivity index (χ4v) is 3.42. The van der Waals surface area contributed by atoms with Crippen LogP contribution in [0.15, 0.2) is 47.4 Å². The zero-order valence-electron chi connectivity index (χ0n) is 13.9. The van der Waals surface area contributed by atoms with Gasteiger partial charge in [-0.3, -0.25) is 9.59 Å². The summed E-state index contributed by atoms with van der Waals surface area (Å²) in [6.45, 7) is 0.881. The van der Waals surface area contributed by atoms with Crippen molar-refractivity contribution in [2.75, 3.05) is 13.6 Å². The predicted octanol–water partition coefficient (Wildman–Crippen LogP) is 3.42. The first-order valence-electron chi connectivity index (χ1n) is 7.34. The van der Waals surface area contributed by atoms with Gasteiger partial charge in [-0.1, -0.05) is 35.3 Å². The minimum absolute atomic E-state index is 0.0349. The summed E-state index contributed by atoms with van der Waals surface area (Å²) in [7, 11) is -2.66. The van der Waals surface area contributed by atoms with Gasteiger partial charge in [0, 0.05) is 18.7 Å². The van der Waals surface area contributed by atoms with E-state index in [-0.39, 0.29) is 21.5 Å². The molecule has 0 aliphatic carbocycles. The minimum Gasteiger partial charge on any atom is -0.425 e. The van der Waals surface area contributed by atoms with Crippen molar-refractivity contribution >= 4 is 45.0 Å². The van der Waals surface area contributed by atoms with Gasteiger partial charge in [-0.2, -0.15) is 4.31 Å². The molecule has 2 rings (SSSR count). The molecule has 138 valence electrons. The lowest BCUT2D eigenvalue weighted by Gasteiger charge is -2.16. The third-order valence-electron chi connectivity index (χ3n) is 3.44. The number of likely N-dealkylation sites (N-methyl/N-ethyl adjacent to an activating group) is 1. The Kier molecular flexibility index (Phi) is 6.41. The SMILES string of the molecule is CC(=O)c1ccc(S(=O)(=O)N(C)CC(=O)Oc2ccc(Cl)c(Cl)c2)cc1. The molecule has 0 unspecified atom stereocenters. The quantitative estimate of drug-likeness (QED) is 0.410. The van der Waals surface area contributed by atoms with E-state index < -0.39 is 22.5 Å². The third kappa shape index (κ3) is 4.82. The van der Waals surface area contributed by atoms with Crippen LogP contribution in [-0.2, 0) is 14.8 Å². The topological polar surface area (TPSA) is 80.8 Å². The number of nitrogens with zero attached hydrogens (tertiary/aromatic N) is 1. The lowest BCUT2D eigenvalue weighted by atomic mass is 10.2. The summed E-state index contributed by atoms with van der Waals surface area (Å²) in [6.07, 6.45) is 0. The van der Waals surface area contributed by atoms with Gasteiger partial charge < -0.3 is 4.74 Å². The van der Waals surface area contributed by atoms with Crippen molar-refractivity contribution in [1.82, 2.24) is 4.31 Å². The number of ether oxygens (including phenoxy) is 1. The summed E-state index contributed by atoms with van der Waals surface area (Å²) in [5, 5.41) is 0.517. The van der Waals surface area contributed by atoms with Crippen LogP contribution in [0.4, 0.5) is 0 Å². The highest BCUT2D eigenvalue weighted by Crippen LogP contribution is 2.26. The second-order valence-corrected chi connectivity index (χ2v) is 8.25. The van der Waals surface area contributed by atoms with Crippen LogP contribution in [0.5, 0.6) is 5.75 Å². The fourth-order valence-electron chi connectivity index (χ4n) is 2.01. The largest absolute Gasteiger partial charge is 0.425 e. The highest BCUT2D eigenvalue weighted by molar-refractivity contribution is 7.89. The highest BCUT2D eigenvalue weighted by atomic mass is 35.5. The zero-order chi connectivity index (χ0) is 19.5. The summed E-state index contributed by atoms with van der Waals surface area (Å²) >= 11 is 11.6. The number of carbonyl (C=O) groups excluding carboxylic acids is 2. The summed E-state index contributed by atoms with van der Waals surface area (Å²) in [5.41, 5.74) is 0.394. The first-order valence-corrected chi connectivity index (χ1v) is 9.54. The van der Waals surface area contributed by atoms with Gasteiger partial charge in [-0.05, 0) is 31.2 Å². The second-order valence-electron chi connectivity index (χ2n) is 5.39. The van der Waals surface area contributed by atoms with Crippen molar-refractivity contribution < 1.29 is 22.7 Å². The van der Waals surface area contributed by atoms with E-state index in [4.69, 9.17) is 27.9 Å². The zero-order valence-corrected chi connectivity index (χ0v) is 16.2. The Bertz CT molecular complexity index is 942. The number of Topliss-reactive ketones (excluding diaryl/α,β-unsaturated/α-hetero) is 1. The molecule has 26 heavy (non-hydrogen) atoms. The highest BCUT2D eigenvalue weighted by Gasteiger charge is 2.24. The predicted molar refractivity (Wildman–Crippen MR) is 98.4 cm³/mol. The van der Waals surface area contributed by atoms with Crippen molar-refractivity contribution in [3.8, 4) is 5.75 Å². The van der Waals surface area contributed by atoms with E-state index in [1.807, 2.05) is 0 Å². The molecule has 0 amide bonds. The standard InChI is InChI=1S/C17H15Cl2NO5S/c1-11(21)12-3-6-14(7-4-12)26(23,24)20(2)10-17(22)25-13-5-8-15(18)16(19)9-13/h3-9H,10H2,1-2H3. The van der Waals surface area contributed by atoms with E-state index in [2.05, 4.69) is 0 Å². The monoisotopic (exact) mass is 415 g/mol. The van der Waals surface area contributed by atoms with Gasteiger partial charge >= 0.3 is 5.97 Å². The van der Waals surface area contributed by atoms with Gasteiger partial charge in [0.15, 0.2) is 5.78 Å². The molecule has 0 N–H and O–H groups in total. The Morgan fingerprint density at radius 3 is 2.19 bits per heavy atom. The van der Waals surface area contributed by atoms with E-state index in [0.717, 1.165) is 4.31 Å². The summed E-state index contributed by atoms with van der Waals surface area (Å²) in [6, 6.07) is 9.72. The molecule has 0 atom stereocenters. The number of benzene rings is 2. The number of esters is 1. The molecule has 0 saturated heterocycles. The molecule has 0 aromatic heterocycles. The molecule has 9 heteroatoms. The van der Waals surface area contributed by atoms with E-state index in [9.17, 15) is 18.0 Å². The minimum atomic E-state index is -3.91. The molecular weight excluding hydrogens is 401 g/mol. The molecule has 0 radical (unpaired) electrons. The van der Waals surface area contributed by atoms with Gasteiger partial charge in [0.25, 0.3) is 0 Å². The van der Waals surface area contributed by atoms with Crippen molar-refractivity contribution in [3.63, 3.8) is 0 Å². The molecule has 0 aliphatic heterocycles. The Morgan fingerprint density at radius 1 is 1.04 bits per heavy atom. The lowest BCUT2D eigenvalue weighted by molar-refractivity contribution is -0.134. The molecule has 2 aromatic carbocycles. The van der Waals surface area contributed by atoms with Crippen LogP contribution in [0.25, 0.3) is 0 Å². The van der Waals surface area contributed by atoms with Crippen LogP contribution in [0.2, 0.25) is 10.0 Å². The van der Waals surface area contributed by atoms with E-state index >= 15 is 0 Å². The molecule has 2 aromatic rings. The Labute approximate surface area is 161 Å². The van der Waals surface area contributed by atoms with Crippen molar-refractivity contribution in [2.24, 2.45) is 0 Å². The fraction of sp³-hybridized carbons (Fsp3) is 0.176. The van der Waals surface area contributed by atoms with Gasteiger partial charge in [0.05, 0.1) is 14.9 Å². The number of sulfonamides is 1. The molecule has 0 spiro atoms. The number of hydrogen-bond acceptors (Lipinski definition) is 5. The van der Waals surface area contributed by atoms with Crippen LogP contribution in [0.1, 0.15) is 17.3 Å². The molecule has 0 heterocycles. The average Bonchev–Trinajstić information content (AvgIpc) is 2.58. The van der Waals surface area contributed by atoms with Gasteiger partial charge in [0.2, 0.25) is 10.0 Å². The first kappa shape index (κ1) is 20.4. The lowest BCUT2D eigenvalue weighted by Crippen LogP contribution is -2.34. The maximum Gasteiger partial charge on any atom is 0.326 e. The Hall–Kier alpha value is -1.93. The van der Waals surface area contributed by atoms with Crippen molar-refractivity contribution in [1.29, 1.82) is 0 Å². The maximum atomic E-state index is 12.5. The summed E-state index contributed by atoms with van der Waals surface area (Å²) < 4.78 is 30.9. The number of ketones is 1.